The van der Waals surface area contributed by atoms with Gasteiger partial charge in [0, 0.05) is 12.2 Å². The second-order valence-electron chi connectivity index (χ2n) is 4.94. The molecule has 2 aromatic rings. The molecule has 5 nitrogen and oxygen atoms in total. The van der Waals surface area contributed by atoms with E-state index < -0.39 is 17.9 Å². The van der Waals surface area contributed by atoms with Crippen molar-refractivity contribution in [2.75, 3.05) is 13.2 Å². The standard InChI is InChI=1S/C18H19NO4/c1-2-23-12-16(18(21)22)19-17(20)15-11-7-6-10-14(15)13-8-4-3-5-9-13/h3-11,16H,2,12H2,1H3,(H,19,20)(H,21,22)/t16-/m0/s1. The quantitative estimate of drug-likeness (QED) is 0.824. The minimum atomic E-state index is -1.12. The molecule has 0 aromatic heterocycles. The molecule has 0 radical (unpaired) electrons. The predicted octanol–water partition coefficient (Wildman–Crippen LogP) is 2.57. The van der Waals surface area contributed by atoms with Gasteiger partial charge in [-0.3, -0.25) is 4.79 Å². The molecule has 0 spiro atoms. The average molecular weight is 313 g/mol. The smallest absolute Gasteiger partial charge is 0.328 e. The molecule has 0 aliphatic rings. The molecule has 2 N–H and O–H groups in total. The lowest BCUT2D eigenvalue weighted by molar-refractivity contribution is -0.140. The maximum atomic E-state index is 12.5. The van der Waals surface area contributed by atoms with Crippen LogP contribution in [0.2, 0.25) is 0 Å². The van der Waals surface area contributed by atoms with Crippen LogP contribution < -0.4 is 5.32 Å². The fraction of sp³-hybridized carbons (Fsp3) is 0.222. The Morgan fingerprint density at radius 3 is 2.39 bits per heavy atom. The second-order valence-corrected chi connectivity index (χ2v) is 4.94. The van der Waals surface area contributed by atoms with Crippen LogP contribution in [0.5, 0.6) is 0 Å². The molecule has 0 aliphatic heterocycles. The Labute approximate surface area is 134 Å². The summed E-state index contributed by atoms with van der Waals surface area (Å²) >= 11 is 0. The SMILES string of the molecule is CCOC[C@H](NC(=O)c1ccccc1-c1ccccc1)C(=O)O. The van der Waals surface area contributed by atoms with Gasteiger partial charge >= 0.3 is 5.97 Å². The van der Waals surface area contributed by atoms with E-state index in [1.54, 1.807) is 19.1 Å². The molecule has 0 fully saturated rings. The van der Waals surface area contributed by atoms with Crippen molar-refractivity contribution < 1.29 is 19.4 Å². The number of hydrogen-bond donors (Lipinski definition) is 2. The van der Waals surface area contributed by atoms with Gasteiger partial charge in [-0.05, 0) is 24.1 Å². The highest BCUT2D eigenvalue weighted by atomic mass is 16.5. The van der Waals surface area contributed by atoms with Gasteiger partial charge in [0.2, 0.25) is 0 Å². The number of amides is 1. The average Bonchev–Trinajstić information content (AvgIpc) is 2.59. The molecule has 0 saturated carbocycles. The Balaban J connectivity index is 2.24. The van der Waals surface area contributed by atoms with Gasteiger partial charge in [-0.2, -0.15) is 0 Å². The number of aliphatic carboxylic acids is 1. The third-order valence-electron chi connectivity index (χ3n) is 3.35. The summed E-state index contributed by atoms with van der Waals surface area (Å²) in [7, 11) is 0. The summed E-state index contributed by atoms with van der Waals surface area (Å²) in [4.78, 5) is 23.7. The van der Waals surface area contributed by atoms with Gasteiger partial charge < -0.3 is 15.2 Å². The fourth-order valence-corrected chi connectivity index (χ4v) is 2.20. The molecule has 0 unspecified atom stereocenters. The number of hydrogen-bond acceptors (Lipinski definition) is 3. The van der Waals surface area contributed by atoms with Gasteiger partial charge in [0.1, 0.15) is 0 Å². The molecule has 2 rings (SSSR count). The zero-order chi connectivity index (χ0) is 16.7. The zero-order valence-electron chi connectivity index (χ0n) is 12.9. The summed E-state index contributed by atoms with van der Waals surface area (Å²) in [5, 5.41) is 11.7. The van der Waals surface area contributed by atoms with E-state index in [0.29, 0.717) is 12.2 Å². The minimum absolute atomic E-state index is 0.0644. The van der Waals surface area contributed by atoms with Crippen molar-refractivity contribution in [2.24, 2.45) is 0 Å². The lowest BCUT2D eigenvalue weighted by atomic mass is 9.99. The lowest BCUT2D eigenvalue weighted by Crippen LogP contribution is -2.44. The highest BCUT2D eigenvalue weighted by molar-refractivity contribution is 6.02. The normalized spacial score (nSPS) is 11.7. The molecule has 2 aromatic carbocycles. The minimum Gasteiger partial charge on any atom is -0.480 e. The Morgan fingerprint density at radius 1 is 1.09 bits per heavy atom. The zero-order valence-corrected chi connectivity index (χ0v) is 12.9. The van der Waals surface area contributed by atoms with E-state index in [1.165, 1.54) is 0 Å². The van der Waals surface area contributed by atoms with Crippen LogP contribution in [0.1, 0.15) is 17.3 Å². The van der Waals surface area contributed by atoms with Crippen molar-refractivity contribution >= 4 is 11.9 Å². The summed E-state index contributed by atoms with van der Waals surface area (Å²) in [5.41, 5.74) is 2.09. The summed E-state index contributed by atoms with van der Waals surface area (Å²) < 4.78 is 5.11. The maximum absolute atomic E-state index is 12.5. The number of benzene rings is 2. The fourth-order valence-electron chi connectivity index (χ4n) is 2.20. The third-order valence-corrected chi connectivity index (χ3v) is 3.35. The number of carbonyl (C=O) groups is 2. The van der Waals surface area contributed by atoms with Crippen LogP contribution in [-0.2, 0) is 9.53 Å². The summed E-state index contributed by atoms with van der Waals surface area (Å²) in [6.07, 6.45) is 0. The van der Waals surface area contributed by atoms with E-state index in [4.69, 9.17) is 4.74 Å². The first kappa shape index (κ1) is 16.7. The third kappa shape index (κ3) is 4.40. The molecule has 0 bridgehead atoms. The van der Waals surface area contributed by atoms with E-state index in [9.17, 15) is 14.7 Å². The summed E-state index contributed by atoms with van der Waals surface area (Å²) in [6, 6.07) is 15.5. The van der Waals surface area contributed by atoms with Crippen molar-refractivity contribution in [1.29, 1.82) is 0 Å². The van der Waals surface area contributed by atoms with Crippen LogP contribution in [0, 0.1) is 0 Å². The Bertz CT molecular complexity index is 670. The van der Waals surface area contributed by atoms with Crippen molar-refractivity contribution in [2.45, 2.75) is 13.0 Å². The van der Waals surface area contributed by atoms with E-state index in [-0.39, 0.29) is 6.61 Å². The molecule has 1 atom stereocenters. The Kier molecular flexibility index (Phi) is 5.88. The molecule has 1 amide bonds. The largest absolute Gasteiger partial charge is 0.480 e. The first-order chi connectivity index (χ1) is 11.1. The highest BCUT2D eigenvalue weighted by Gasteiger charge is 2.22. The molecule has 23 heavy (non-hydrogen) atoms. The first-order valence-corrected chi connectivity index (χ1v) is 7.39. The van der Waals surface area contributed by atoms with Crippen LogP contribution in [-0.4, -0.2) is 36.2 Å². The maximum Gasteiger partial charge on any atom is 0.328 e. The van der Waals surface area contributed by atoms with Crippen LogP contribution in [0.25, 0.3) is 11.1 Å². The number of carboxylic acids is 1. The molecule has 0 aliphatic carbocycles. The molecule has 5 heteroatoms. The molecule has 0 heterocycles. The van der Waals surface area contributed by atoms with Gasteiger partial charge in [0.05, 0.1) is 6.61 Å². The lowest BCUT2D eigenvalue weighted by Gasteiger charge is -2.16. The number of nitrogens with one attached hydrogen (secondary N) is 1. The van der Waals surface area contributed by atoms with Crippen LogP contribution >= 0.6 is 0 Å². The number of carbonyl (C=O) groups excluding carboxylic acids is 1. The van der Waals surface area contributed by atoms with Crippen molar-refractivity contribution in [1.82, 2.24) is 5.32 Å². The van der Waals surface area contributed by atoms with E-state index in [1.807, 2.05) is 42.5 Å². The molecular formula is C18H19NO4. The summed E-state index contributed by atoms with van der Waals surface area (Å²) in [6.45, 7) is 2.09. The number of ether oxygens (including phenoxy) is 1. The number of rotatable bonds is 7. The van der Waals surface area contributed by atoms with Gasteiger partial charge in [-0.15, -0.1) is 0 Å². The van der Waals surface area contributed by atoms with Crippen LogP contribution in [0.4, 0.5) is 0 Å². The number of carboxylic acid groups (broad SMARTS) is 1. The Hall–Kier alpha value is -2.66. The van der Waals surface area contributed by atoms with E-state index in [2.05, 4.69) is 5.32 Å². The van der Waals surface area contributed by atoms with Gasteiger partial charge in [-0.25, -0.2) is 4.79 Å². The first-order valence-electron chi connectivity index (χ1n) is 7.39. The molecule has 0 saturated heterocycles. The monoisotopic (exact) mass is 313 g/mol. The van der Waals surface area contributed by atoms with Gasteiger partial charge in [0.25, 0.3) is 5.91 Å². The van der Waals surface area contributed by atoms with Crippen molar-refractivity contribution in [3.63, 3.8) is 0 Å². The van der Waals surface area contributed by atoms with Crippen molar-refractivity contribution in [3.8, 4) is 11.1 Å². The Morgan fingerprint density at radius 2 is 1.74 bits per heavy atom. The highest BCUT2D eigenvalue weighted by Crippen LogP contribution is 2.23. The molecule has 120 valence electrons. The molecular weight excluding hydrogens is 294 g/mol. The van der Waals surface area contributed by atoms with Crippen LogP contribution in [0.15, 0.2) is 54.6 Å². The predicted molar refractivity (Wildman–Crippen MR) is 87.3 cm³/mol. The second kappa shape index (κ2) is 8.10. The van der Waals surface area contributed by atoms with E-state index >= 15 is 0 Å². The summed E-state index contributed by atoms with van der Waals surface area (Å²) in [5.74, 6) is -1.56. The van der Waals surface area contributed by atoms with Crippen LogP contribution in [0.3, 0.4) is 0 Å². The van der Waals surface area contributed by atoms with E-state index in [0.717, 1.165) is 11.1 Å². The van der Waals surface area contributed by atoms with Gasteiger partial charge in [0.15, 0.2) is 6.04 Å². The topological polar surface area (TPSA) is 75.6 Å². The van der Waals surface area contributed by atoms with Crippen molar-refractivity contribution in [3.05, 3.63) is 60.2 Å². The van der Waals surface area contributed by atoms with Gasteiger partial charge in [-0.1, -0.05) is 48.5 Å².